The summed E-state index contributed by atoms with van der Waals surface area (Å²) in [7, 11) is 0.105. The Morgan fingerprint density at radius 3 is 2.18 bits per heavy atom. The molecule has 0 aliphatic rings. The smallest absolute Gasteiger partial charge is 0.469 e. The van der Waals surface area contributed by atoms with Crippen LogP contribution in [0.25, 0.3) is 0 Å². The van der Waals surface area contributed by atoms with Crippen LogP contribution in [0.1, 0.15) is 73.8 Å². The quantitative estimate of drug-likeness (QED) is 0.0766. The van der Waals surface area contributed by atoms with Gasteiger partial charge in [0, 0.05) is 42.2 Å². The van der Waals surface area contributed by atoms with Crippen molar-refractivity contribution < 1.29 is 47.2 Å². The van der Waals surface area contributed by atoms with Crippen molar-refractivity contribution in [3.63, 3.8) is 0 Å². The maximum atomic E-state index is 14.0. The van der Waals surface area contributed by atoms with E-state index in [0.29, 0.717) is 36.1 Å². The summed E-state index contributed by atoms with van der Waals surface area (Å²) in [6.07, 6.45) is 2.51. The molecule has 310 valence electrons. The number of carbonyl (C=O) groups is 6. The summed E-state index contributed by atoms with van der Waals surface area (Å²) in [5.41, 5.74) is 16.0. The van der Waals surface area contributed by atoms with Crippen LogP contribution in [0.5, 0.6) is 5.75 Å². The fourth-order valence-corrected chi connectivity index (χ4v) is 6.35. The van der Waals surface area contributed by atoms with Gasteiger partial charge in [0.1, 0.15) is 11.8 Å². The van der Waals surface area contributed by atoms with Crippen LogP contribution in [0.3, 0.4) is 0 Å². The number of carbonyl (C=O) groups excluding carboxylic acids is 6. The zero-order valence-corrected chi connectivity index (χ0v) is 34.5. The molecule has 2 rings (SSSR count). The van der Waals surface area contributed by atoms with E-state index in [1.807, 2.05) is 27.7 Å². The normalized spacial score (nSPS) is 13.2. The molecular weight excluding hydrogens is 743 g/mol. The van der Waals surface area contributed by atoms with Crippen LogP contribution in [-0.4, -0.2) is 102 Å². The molecule has 4 amide bonds. The van der Waals surface area contributed by atoms with Gasteiger partial charge in [-0.2, -0.15) is 0 Å². The second-order valence-corrected chi connectivity index (χ2v) is 15.8. The van der Waals surface area contributed by atoms with Gasteiger partial charge in [-0.25, -0.2) is 4.79 Å². The van der Waals surface area contributed by atoms with E-state index in [9.17, 15) is 33.0 Å². The summed E-state index contributed by atoms with van der Waals surface area (Å²) in [6, 6.07) is 7.28. The summed E-state index contributed by atoms with van der Waals surface area (Å²) in [5, 5.41) is 4.95. The van der Waals surface area contributed by atoms with Gasteiger partial charge in [0.05, 0.1) is 32.3 Å². The predicted molar refractivity (Wildman–Crippen MR) is 213 cm³/mol. The van der Waals surface area contributed by atoms with Gasteiger partial charge in [0.25, 0.3) is 0 Å². The number of hydrogen-bond acceptors (Lipinski definition) is 12. The third-order valence-corrected chi connectivity index (χ3v) is 10.00. The van der Waals surface area contributed by atoms with Crippen molar-refractivity contribution in [2.24, 2.45) is 17.4 Å². The van der Waals surface area contributed by atoms with Gasteiger partial charge in [-0.05, 0) is 86.3 Å². The van der Waals surface area contributed by atoms with E-state index in [1.54, 1.807) is 43.3 Å². The molecule has 16 heteroatoms. The fraction of sp³-hybridized carbons (Fsp3) is 0.550. The number of rotatable bonds is 22. The number of aryl methyl sites for hydroxylation is 1. The average Bonchev–Trinajstić information content (AvgIpc) is 3.16. The maximum Gasteiger partial charge on any atom is 0.513 e. The highest BCUT2D eigenvalue weighted by molar-refractivity contribution is 7.84. The van der Waals surface area contributed by atoms with Crippen LogP contribution in [0.2, 0.25) is 0 Å². The largest absolute Gasteiger partial charge is 0.513 e. The van der Waals surface area contributed by atoms with Crippen molar-refractivity contribution in [1.29, 1.82) is 0 Å². The molecule has 0 saturated carbocycles. The zero-order valence-electron chi connectivity index (χ0n) is 33.6. The molecule has 2 aromatic rings. The zero-order chi connectivity index (χ0) is 41.9. The molecule has 0 bridgehead atoms. The second-order valence-electron chi connectivity index (χ2n) is 14.2. The minimum absolute atomic E-state index is 0.0442. The summed E-state index contributed by atoms with van der Waals surface area (Å²) in [6.45, 7) is 9.05. The monoisotopic (exact) mass is 801 g/mol. The number of hydrogen-bond donors (Lipinski definition) is 4. The third kappa shape index (κ3) is 16.2. The van der Waals surface area contributed by atoms with E-state index < -0.39 is 65.3 Å². The minimum atomic E-state index is -1.19. The third-order valence-electron chi connectivity index (χ3n) is 9.19. The molecule has 0 radical (unpaired) electrons. The number of ether oxygens (including phenoxy) is 3. The lowest BCUT2D eigenvalue weighted by atomic mass is 9.92. The Morgan fingerprint density at radius 2 is 1.55 bits per heavy atom. The molecule has 0 saturated heterocycles. The van der Waals surface area contributed by atoms with Gasteiger partial charge >= 0.3 is 12.1 Å². The van der Waals surface area contributed by atoms with Crippen molar-refractivity contribution in [3.8, 4) is 5.75 Å². The second kappa shape index (κ2) is 24.1. The molecule has 2 aromatic carbocycles. The van der Waals surface area contributed by atoms with E-state index in [0.717, 1.165) is 16.7 Å². The number of nitrogens with zero attached hydrogens (tertiary/aromatic N) is 1. The molecule has 0 aliphatic carbocycles. The summed E-state index contributed by atoms with van der Waals surface area (Å²) < 4.78 is 26.9. The number of imide groups is 1. The average molecular weight is 802 g/mol. The van der Waals surface area contributed by atoms with Gasteiger partial charge in [0.2, 0.25) is 23.6 Å². The summed E-state index contributed by atoms with van der Waals surface area (Å²) in [4.78, 5) is 79.2. The fourth-order valence-electron chi connectivity index (χ4n) is 5.77. The number of esters is 1. The Morgan fingerprint density at radius 1 is 0.875 bits per heavy atom. The molecule has 15 nitrogen and oxygen atoms in total. The lowest BCUT2D eigenvalue weighted by molar-refractivity contribution is -0.143. The van der Waals surface area contributed by atoms with Gasteiger partial charge < -0.3 is 35.9 Å². The lowest BCUT2D eigenvalue weighted by Gasteiger charge is -2.31. The Labute approximate surface area is 332 Å². The minimum Gasteiger partial charge on any atom is -0.469 e. The van der Waals surface area contributed by atoms with E-state index in [-0.39, 0.29) is 56.5 Å². The predicted octanol–water partition coefficient (Wildman–Crippen LogP) is 2.68. The van der Waals surface area contributed by atoms with Crippen molar-refractivity contribution in [3.05, 3.63) is 64.2 Å². The Balaban J connectivity index is 2.28. The van der Waals surface area contributed by atoms with Crippen LogP contribution in [0.4, 0.5) is 4.79 Å². The van der Waals surface area contributed by atoms with Crippen molar-refractivity contribution in [2.45, 2.75) is 97.7 Å². The van der Waals surface area contributed by atoms with Crippen LogP contribution in [0.15, 0.2) is 36.4 Å². The Hall–Kier alpha value is -4.67. The summed E-state index contributed by atoms with van der Waals surface area (Å²) >= 11 is 0. The molecule has 0 spiro atoms. The molecule has 0 aliphatic heterocycles. The summed E-state index contributed by atoms with van der Waals surface area (Å²) in [5.74, 6) is -2.46. The maximum absolute atomic E-state index is 14.0. The molecule has 0 aromatic heterocycles. The van der Waals surface area contributed by atoms with Crippen LogP contribution in [-0.2, 0) is 57.1 Å². The first-order valence-corrected chi connectivity index (χ1v) is 20.5. The van der Waals surface area contributed by atoms with Gasteiger partial charge in [-0.15, -0.1) is 0 Å². The number of amides is 4. The molecule has 56 heavy (non-hydrogen) atoms. The van der Waals surface area contributed by atoms with Crippen molar-refractivity contribution in [1.82, 2.24) is 15.5 Å². The van der Waals surface area contributed by atoms with E-state index >= 15 is 0 Å². The van der Waals surface area contributed by atoms with E-state index in [2.05, 4.69) is 10.6 Å². The van der Waals surface area contributed by atoms with Crippen molar-refractivity contribution in [2.75, 3.05) is 38.8 Å². The highest BCUT2D eigenvalue weighted by Crippen LogP contribution is 2.29. The number of benzene rings is 2. The molecule has 2 unspecified atom stereocenters. The first kappa shape index (κ1) is 47.5. The number of methoxy groups -OCH3 is 1. The van der Waals surface area contributed by atoms with E-state index in [1.165, 1.54) is 18.3 Å². The van der Waals surface area contributed by atoms with Gasteiger partial charge in [-0.1, -0.05) is 50.6 Å². The molecule has 0 heterocycles. The van der Waals surface area contributed by atoms with Crippen LogP contribution < -0.4 is 26.8 Å². The van der Waals surface area contributed by atoms with Gasteiger partial charge in [-0.3, -0.25) is 33.5 Å². The highest BCUT2D eigenvalue weighted by atomic mass is 32.2. The SMILES string of the molecule is COC(=O)CCCCCN(C(=O)CNC(=O)[C@@H](N)Cc1c(C)cc(OC(=O)OCC(C)C)c(C)c1C)[C@@H](Cc1ccccc1)C(=O)NC(=O)C(N)CCS(C)=O. The topological polar surface area (TPSA) is 227 Å². The van der Waals surface area contributed by atoms with Crippen LogP contribution in [0, 0.1) is 26.7 Å². The van der Waals surface area contributed by atoms with Gasteiger partial charge in [0.15, 0.2) is 0 Å². The molecule has 4 atom stereocenters. The van der Waals surface area contributed by atoms with Crippen LogP contribution >= 0.6 is 0 Å². The number of nitrogens with two attached hydrogens (primary N) is 2. The molecular formula is C40H59N5O10S. The standard InChI is InChI=1S/C40H59N5O10S/c1-25(2)24-54-40(51)55-34-20-26(3)30(27(4)28(34)5)22-32(42)37(48)43-23-35(46)45(18-13-9-12-16-36(47)53-6)33(21-29-14-10-8-11-15-29)39(50)44-38(49)31(41)17-19-56(7)52/h8,10-11,14-15,20,25,31-33H,9,12-13,16-19,21-24,41-42H2,1-7H3,(H,43,48)(H,44,49,50)/t31?,32-,33-,56?/m0/s1. The highest BCUT2D eigenvalue weighted by Gasteiger charge is 2.32. The number of nitrogens with one attached hydrogen (secondary N) is 2. The first-order chi connectivity index (χ1) is 26.4. The Bertz CT molecular complexity index is 1690. The lowest BCUT2D eigenvalue weighted by Crippen LogP contribution is -2.56. The van der Waals surface area contributed by atoms with E-state index in [4.69, 9.17) is 25.7 Å². The Kier molecular flexibility index (Phi) is 20.4. The first-order valence-electron chi connectivity index (χ1n) is 18.7. The van der Waals surface area contributed by atoms with Crippen molar-refractivity contribution >= 4 is 46.6 Å². The number of unbranched alkanes of at least 4 members (excludes halogenated alkanes) is 2. The molecule has 0 fully saturated rings. The molecule has 6 N–H and O–H groups in total.